The van der Waals surface area contributed by atoms with Crippen LogP contribution in [0.4, 0.5) is 5.69 Å². The van der Waals surface area contributed by atoms with E-state index in [1.165, 1.54) is 29.2 Å². The fourth-order valence-corrected chi connectivity index (χ4v) is 6.70. The maximum absolute atomic E-state index is 14.6. The maximum atomic E-state index is 14.6. The van der Waals surface area contributed by atoms with Gasteiger partial charge in [-0.2, -0.15) is 0 Å². The number of halogens is 2. The summed E-state index contributed by atoms with van der Waals surface area (Å²) in [4.78, 5) is 29.7. The second kappa shape index (κ2) is 16.5. The average molecular weight is 683 g/mol. The number of rotatable bonds is 15. The lowest BCUT2D eigenvalue weighted by Crippen LogP contribution is -2.53. The number of hydrogen-bond acceptors (Lipinski definition) is 5. The Bertz CT molecular complexity index is 1720. The fraction of sp³-hybridized carbons (Fsp3) is 0.257. The summed E-state index contributed by atoms with van der Waals surface area (Å²) < 4.78 is 35.3. The lowest BCUT2D eigenvalue weighted by Gasteiger charge is -2.34. The van der Waals surface area contributed by atoms with Gasteiger partial charge >= 0.3 is 0 Å². The lowest BCUT2D eigenvalue weighted by molar-refractivity contribution is -0.140. The van der Waals surface area contributed by atoms with Crippen LogP contribution in [-0.4, -0.2) is 50.9 Å². The van der Waals surface area contributed by atoms with Crippen molar-refractivity contribution < 1.29 is 22.7 Å². The zero-order valence-corrected chi connectivity index (χ0v) is 28.1. The number of carbonyl (C=O) groups is 2. The Hall–Kier alpha value is -4.05. The third-order valence-corrected chi connectivity index (χ3v) is 9.44. The summed E-state index contributed by atoms with van der Waals surface area (Å²) in [6.07, 6.45) is 0.912. The van der Waals surface area contributed by atoms with Gasteiger partial charge in [-0.25, -0.2) is 8.42 Å². The van der Waals surface area contributed by atoms with E-state index < -0.39 is 28.5 Å². The Kier molecular flexibility index (Phi) is 12.5. The molecule has 11 heteroatoms. The molecule has 0 bridgehead atoms. The van der Waals surface area contributed by atoms with E-state index in [2.05, 4.69) is 5.32 Å². The van der Waals surface area contributed by atoms with Gasteiger partial charge in [0.15, 0.2) is 0 Å². The third kappa shape index (κ3) is 9.02. The van der Waals surface area contributed by atoms with Gasteiger partial charge in [-0.1, -0.05) is 84.7 Å². The highest BCUT2D eigenvalue weighted by molar-refractivity contribution is 7.92. The molecular formula is C35H37Cl2N3O5S. The summed E-state index contributed by atoms with van der Waals surface area (Å²) in [5, 5.41) is 3.77. The molecule has 0 heterocycles. The maximum Gasteiger partial charge on any atom is 0.264 e. The van der Waals surface area contributed by atoms with Crippen molar-refractivity contribution in [1.29, 1.82) is 0 Å². The molecule has 0 spiro atoms. The number of ether oxygens (including phenoxy) is 1. The van der Waals surface area contributed by atoms with Crippen LogP contribution >= 0.6 is 23.2 Å². The normalized spacial score (nSPS) is 11.8. The number of nitrogens with one attached hydrogen (secondary N) is 1. The number of nitrogens with zero attached hydrogens (tertiary/aromatic N) is 2. The summed E-state index contributed by atoms with van der Waals surface area (Å²) in [6, 6.07) is 27.8. The Morgan fingerprint density at radius 1 is 0.826 bits per heavy atom. The average Bonchev–Trinajstić information content (AvgIpc) is 3.05. The van der Waals surface area contributed by atoms with Gasteiger partial charge in [0, 0.05) is 29.6 Å². The number of benzene rings is 4. The van der Waals surface area contributed by atoms with Crippen LogP contribution in [0.1, 0.15) is 31.4 Å². The highest BCUT2D eigenvalue weighted by Crippen LogP contribution is 2.33. The first-order valence-corrected chi connectivity index (χ1v) is 17.2. The van der Waals surface area contributed by atoms with Crippen LogP contribution < -0.4 is 14.4 Å². The van der Waals surface area contributed by atoms with E-state index >= 15 is 0 Å². The zero-order valence-electron chi connectivity index (χ0n) is 25.7. The molecular weight excluding hydrogens is 645 g/mol. The molecule has 0 saturated heterocycles. The molecule has 8 nitrogen and oxygen atoms in total. The molecule has 1 N–H and O–H groups in total. The third-order valence-electron chi connectivity index (χ3n) is 7.18. The lowest BCUT2D eigenvalue weighted by atomic mass is 10.0. The van der Waals surface area contributed by atoms with E-state index in [0.29, 0.717) is 34.3 Å². The standard InChI is InChI=1S/C35H37Cl2N3O5S/c1-3-21-38-35(42)32(23-26-11-6-5-7-12-26)39(24-27-13-10-14-29(37)22-27)34(41)25-40(31-15-8-9-16-33(31)45-4-2)46(43,44)30-19-17-28(36)18-20-30/h5-20,22,32H,3-4,21,23-25H2,1-2H3,(H,38,42). The van der Waals surface area contributed by atoms with Gasteiger partial charge in [0.05, 0.1) is 17.2 Å². The number of hydrogen-bond donors (Lipinski definition) is 1. The topological polar surface area (TPSA) is 96.0 Å². The van der Waals surface area contributed by atoms with Crippen LogP contribution in [0.3, 0.4) is 0 Å². The summed E-state index contributed by atoms with van der Waals surface area (Å²) in [5.41, 5.74) is 1.71. The van der Waals surface area contributed by atoms with Crippen molar-refractivity contribution in [3.8, 4) is 5.75 Å². The van der Waals surface area contributed by atoms with Crippen molar-refractivity contribution in [2.75, 3.05) is 24.0 Å². The SMILES string of the molecule is CCCNC(=O)C(Cc1ccccc1)N(Cc1cccc(Cl)c1)C(=O)CN(c1ccccc1OCC)S(=O)(=O)c1ccc(Cl)cc1. The Labute approximate surface area is 280 Å². The highest BCUT2D eigenvalue weighted by atomic mass is 35.5. The van der Waals surface area contributed by atoms with Gasteiger partial charge in [-0.3, -0.25) is 13.9 Å². The predicted octanol–water partition coefficient (Wildman–Crippen LogP) is 6.75. The minimum absolute atomic E-state index is 0.0123. The Morgan fingerprint density at radius 3 is 2.17 bits per heavy atom. The largest absolute Gasteiger partial charge is 0.492 e. The monoisotopic (exact) mass is 681 g/mol. The number of para-hydroxylation sites is 2. The fourth-order valence-electron chi connectivity index (χ4n) is 4.94. The van der Waals surface area contributed by atoms with Crippen LogP contribution in [0.15, 0.2) is 108 Å². The molecule has 0 aliphatic rings. The number of anilines is 1. The van der Waals surface area contributed by atoms with Crippen molar-refractivity contribution in [3.05, 3.63) is 124 Å². The second-order valence-electron chi connectivity index (χ2n) is 10.5. The van der Waals surface area contributed by atoms with Gasteiger partial charge < -0.3 is 15.0 Å². The first-order chi connectivity index (χ1) is 22.1. The van der Waals surface area contributed by atoms with Crippen molar-refractivity contribution >= 4 is 50.7 Å². The van der Waals surface area contributed by atoms with Gasteiger partial charge in [-0.05, 0) is 73.0 Å². The molecule has 1 atom stereocenters. The quantitative estimate of drug-likeness (QED) is 0.150. The van der Waals surface area contributed by atoms with Crippen molar-refractivity contribution in [3.63, 3.8) is 0 Å². The summed E-state index contributed by atoms with van der Waals surface area (Å²) in [6.45, 7) is 3.83. The Balaban J connectivity index is 1.83. The summed E-state index contributed by atoms with van der Waals surface area (Å²) in [5.74, 6) is -0.641. The highest BCUT2D eigenvalue weighted by Gasteiger charge is 2.35. The molecule has 46 heavy (non-hydrogen) atoms. The van der Waals surface area contributed by atoms with Crippen LogP contribution in [0.2, 0.25) is 10.0 Å². The van der Waals surface area contributed by atoms with Crippen molar-refractivity contribution in [2.24, 2.45) is 0 Å². The summed E-state index contributed by atoms with van der Waals surface area (Å²) >= 11 is 12.4. The van der Waals surface area contributed by atoms with Crippen LogP contribution in [-0.2, 0) is 32.6 Å². The van der Waals surface area contributed by atoms with Crippen molar-refractivity contribution in [2.45, 2.75) is 44.2 Å². The molecule has 242 valence electrons. The molecule has 0 aliphatic heterocycles. The van der Waals surface area contributed by atoms with Crippen LogP contribution in [0.25, 0.3) is 0 Å². The summed E-state index contributed by atoms with van der Waals surface area (Å²) in [7, 11) is -4.31. The molecule has 4 aromatic carbocycles. The van der Waals surface area contributed by atoms with E-state index in [-0.39, 0.29) is 36.1 Å². The van der Waals surface area contributed by atoms with E-state index in [1.807, 2.05) is 43.3 Å². The predicted molar refractivity (Wildman–Crippen MR) is 183 cm³/mol. The molecule has 0 fully saturated rings. The van der Waals surface area contributed by atoms with Gasteiger partial charge in [0.25, 0.3) is 10.0 Å². The Morgan fingerprint density at radius 2 is 1.50 bits per heavy atom. The molecule has 0 aliphatic carbocycles. The minimum Gasteiger partial charge on any atom is -0.492 e. The van der Waals surface area contributed by atoms with Crippen LogP contribution in [0.5, 0.6) is 5.75 Å². The van der Waals surface area contributed by atoms with E-state index in [4.69, 9.17) is 27.9 Å². The molecule has 4 aromatic rings. The minimum atomic E-state index is -4.31. The molecule has 4 rings (SSSR count). The number of carbonyl (C=O) groups excluding carboxylic acids is 2. The first kappa shape index (κ1) is 34.8. The van der Waals surface area contributed by atoms with E-state index in [0.717, 1.165) is 9.87 Å². The molecule has 0 radical (unpaired) electrons. The number of amides is 2. The van der Waals surface area contributed by atoms with E-state index in [1.54, 1.807) is 49.4 Å². The second-order valence-corrected chi connectivity index (χ2v) is 13.2. The molecule has 0 aromatic heterocycles. The molecule has 2 amide bonds. The number of sulfonamides is 1. The van der Waals surface area contributed by atoms with Gasteiger partial charge in [-0.15, -0.1) is 0 Å². The van der Waals surface area contributed by atoms with Crippen molar-refractivity contribution in [1.82, 2.24) is 10.2 Å². The van der Waals surface area contributed by atoms with Gasteiger partial charge in [0.2, 0.25) is 11.8 Å². The van der Waals surface area contributed by atoms with E-state index in [9.17, 15) is 18.0 Å². The molecule has 1 unspecified atom stereocenters. The first-order valence-electron chi connectivity index (χ1n) is 15.0. The van der Waals surface area contributed by atoms with Gasteiger partial charge in [0.1, 0.15) is 18.3 Å². The zero-order chi connectivity index (χ0) is 33.1. The van der Waals surface area contributed by atoms with Crippen LogP contribution in [0, 0.1) is 0 Å². The smallest absolute Gasteiger partial charge is 0.264 e. The molecule has 0 saturated carbocycles.